The number of hydrogen-bond acceptors (Lipinski definition) is 4. The zero-order valence-electron chi connectivity index (χ0n) is 22.6. The first-order valence-corrected chi connectivity index (χ1v) is 13.6. The summed E-state index contributed by atoms with van der Waals surface area (Å²) in [5.41, 5.74) is 0. The smallest absolute Gasteiger partial charge is 0.149 e. The normalized spacial score (nSPS) is 12.3. The van der Waals surface area contributed by atoms with Crippen molar-refractivity contribution < 1.29 is 24.4 Å². The lowest BCUT2D eigenvalue weighted by Crippen LogP contribution is -2.53. The zero-order valence-corrected chi connectivity index (χ0v) is 22.6. The summed E-state index contributed by atoms with van der Waals surface area (Å²) in [6.07, 6.45) is 23.0. The third-order valence-corrected chi connectivity index (χ3v) is 6.38. The van der Waals surface area contributed by atoms with Crippen LogP contribution in [0.5, 0.6) is 0 Å². The molecule has 0 fully saturated rings. The summed E-state index contributed by atoms with van der Waals surface area (Å²) in [7, 11) is 3.61. The van der Waals surface area contributed by atoms with Gasteiger partial charge in [-0.25, -0.2) is 0 Å². The predicted octanol–water partition coefficient (Wildman–Crippen LogP) is 7.13. The van der Waals surface area contributed by atoms with E-state index in [0.717, 1.165) is 6.54 Å². The first kappa shape index (κ1) is 33.5. The summed E-state index contributed by atoms with van der Waals surface area (Å²) in [4.78, 5) is 21.3. The molecule has 194 valence electrons. The molecule has 0 amide bonds. The fraction of sp³-hybridized carbons (Fsp3) is 0.963. The Morgan fingerprint density at radius 2 is 1.03 bits per heavy atom. The Balaban J connectivity index is 0. The maximum atomic E-state index is 9.26. The molecule has 0 spiro atoms. The average molecular weight is 460 g/mol. The van der Waals surface area contributed by atoms with Crippen LogP contribution in [0.15, 0.2) is 0 Å². The number of nitrogens with zero attached hydrogens (tertiary/aromatic N) is 1. The fourth-order valence-corrected chi connectivity index (χ4v) is 4.07. The molecule has 1 unspecified atom stereocenters. The number of carboxylic acids is 1. The highest BCUT2D eigenvalue weighted by Gasteiger charge is 2.36. The molecule has 0 rings (SSSR count). The quantitative estimate of drug-likeness (QED) is 0.0981. The number of quaternary nitrogens is 1. The Morgan fingerprint density at radius 1 is 0.688 bits per heavy atom. The average Bonchev–Trinajstić information content (AvgIpc) is 2.80. The number of rotatable bonds is 22. The van der Waals surface area contributed by atoms with Crippen LogP contribution in [0.1, 0.15) is 143 Å². The van der Waals surface area contributed by atoms with E-state index in [-0.39, 0.29) is 6.42 Å². The summed E-state index contributed by atoms with van der Waals surface area (Å²) in [6, 6.07) is 0.407. The van der Waals surface area contributed by atoms with E-state index in [1.165, 1.54) is 116 Å². The second kappa shape index (κ2) is 25.0. The number of carbonyl (C=O) groups is 1. The van der Waals surface area contributed by atoms with Gasteiger partial charge in [-0.05, 0) is 31.0 Å². The van der Waals surface area contributed by atoms with Crippen LogP contribution in [0.25, 0.3) is 0 Å². The van der Waals surface area contributed by atoms with Gasteiger partial charge in [0, 0.05) is 18.8 Å². The molecular formula is C27H57NO4. The van der Waals surface area contributed by atoms with Crippen molar-refractivity contribution in [2.45, 2.75) is 149 Å². The lowest BCUT2D eigenvalue weighted by Gasteiger charge is -2.35. The molecule has 0 aromatic heterocycles. The first-order chi connectivity index (χ1) is 15.4. The van der Waals surface area contributed by atoms with Gasteiger partial charge in [0.2, 0.25) is 0 Å². The van der Waals surface area contributed by atoms with E-state index in [1.807, 2.05) is 0 Å². The highest BCUT2D eigenvalue weighted by Crippen LogP contribution is 2.22. The van der Waals surface area contributed by atoms with Crippen molar-refractivity contribution in [1.82, 2.24) is 0 Å². The molecule has 0 N–H and O–H groups in total. The maximum Gasteiger partial charge on any atom is 0.149 e. The van der Waals surface area contributed by atoms with Crippen molar-refractivity contribution in [3.05, 3.63) is 0 Å². The highest BCUT2D eigenvalue weighted by atomic mass is 17.0. The van der Waals surface area contributed by atoms with E-state index in [0.29, 0.717) is 10.9 Å². The SMILES string of the molecule is CCC(=O)[O-].CCCCCCCCCCC(C)[N+](CCCCCCCCCC)(OC)OC. The molecule has 0 aliphatic heterocycles. The number of hydroxylamine groups is 4. The van der Waals surface area contributed by atoms with Crippen molar-refractivity contribution >= 4 is 5.97 Å². The molecule has 0 bridgehead atoms. The Labute approximate surface area is 200 Å². The van der Waals surface area contributed by atoms with E-state index in [1.54, 1.807) is 14.2 Å². The molecule has 32 heavy (non-hydrogen) atoms. The number of hydrogen-bond donors (Lipinski definition) is 0. The van der Waals surface area contributed by atoms with E-state index in [9.17, 15) is 9.90 Å². The summed E-state index contributed by atoms with van der Waals surface area (Å²) >= 11 is 0. The van der Waals surface area contributed by atoms with Crippen LogP contribution < -0.4 is 5.11 Å². The van der Waals surface area contributed by atoms with Gasteiger partial charge in [0.25, 0.3) is 0 Å². The number of unbranched alkanes of at least 4 members (excludes halogenated alkanes) is 14. The summed E-state index contributed by atoms with van der Waals surface area (Å²) in [5, 5.41) is 9.26. The Hall–Kier alpha value is -0.650. The second-order valence-electron chi connectivity index (χ2n) is 9.13. The van der Waals surface area contributed by atoms with Crippen LogP contribution in [-0.2, 0) is 14.5 Å². The largest absolute Gasteiger partial charge is 0.550 e. The van der Waals surface area contributed by atoms with Gasteiger partial charge in [0.05, 0.1) is 14.2 Å². The number of carboxylic acid groups (broad SMARTS) is 1. The highest BCUT2D eigenvalue weighted by molar-refractivity contribution is 5.63. The van der Waals surface area contributed by atoms with Gasteiger partial charge in [-0.15, -0.1) is 0 Å². The van der Waals surface area contributed by atoms with Crippen LogP contribution in [0.4, 0.5) is 0 Å². The molecule has 0 radical (unpaired) electrons. The number of carbonyl (C=O) groups excluding carboxylic acids is 1. The molecular weight excluding hydrogens is 402 g/mol. The Morgan fingerprint density at radius 3 is 1.38 bits per heavy atom. The molecule has 1 atom stereocenters. The molecule has 5 heteroatoms. The number of aliphatic carboxylic acids is 1. The lowest BCUT2D eigenvalue weighted by molar-refractivity contribution is -1.25. The van der Waals surface area contributed by atoms with Gasteiger partial charge >= 0.3 is 0 Å². The van der Waals surface area contributed by atoms with E-state index >= 15 is 0 Å². The van der Waals surface area contributed by atoms with Gasteiger partial charge in [0.15, 0.2) is 0 Å². The van der Waals surface area contributed by atoms with Crippen LogP contribution in [-0.4, -0.2) is 37.6 Å². The van der Waals surface area contributed by atoms with Crippen molar-refractivity contribution in [3.8, 4) is 0 Å². The van der Waals surface area contributed by atoms with Gasteiger partial charge < -0.3 is 9.90 Å². The summed E-state index contributed by atoms with van der Waals surface area (Å²) < 4.78 is 0. The maximum absolute atomic E-state index is 9.26. The molecule has 0 aliphatic carbocycles. The Bertz CT molecular complexity index is 386. The van der Waals surface area contributed by atoms with Crippen molar-refractivity contribution in [2.75, 3.05) is 20.8 Å². The molecule has 0 aromatic rings. The van der Waals surface area contributed by atoms with Gasteiger partial charge in [-0.2, -0.15) is 9.68 Å². The molecule has 0 aromatic carbocycles. The predicted molar refractivity (Wildman–Crippen MR) is 134 cm³/mol. The van der Waals surface area contributed by atoms with Crippen LogP contribution in [0, 0.1) is 0 Å². The van der Waals surface area contributed by atoms with Crippen LogP contribution in [0.2, 0.25) is 0 Å². The fourth-order valence-electron chi connectivity index (χ4n) is 4.07. The standard InChI is InChI=1S/C24H52NO2.C3H6O2/c1-6-8-10-12-14-16-18-20-22-24(3)25(26-4,27-5)23-21-19-17-15-13-11-9-7-2;1-2-3(4)5/h24H,6-23H2,1-5H3;2H2,1H3,(H,4,5)/q+1;/p-1. The molecule has 5 nitrogen and oxygen atoms in total. The molecule has 0 heterocycles. The van der Waals surface area contributed by atoms with Crippen molar-refractivity contribution in [3.63, 3.8) is 0 Å². The van der Waals surface area contributed by atoms with Crippen molar-refractivity contribution in [2.24, 2.45) is 0 Å². The topological polar surface area (TPSA) is 58.6 Å². The molecule has 0 saturated heterocycles. The van der Waals surface area contributed by atoms with Gasteiger partial charge in [-0.1, -0.05) is 104 Å². The van der Waals surface area contributed by atoms with E-state index in [2.05, 4.69) is 20.8 Å². The summed E-state index contributed by atoms with van der Waals surface area (Å²) in [5.74, 6) is -0.995. The third kappa shape index (κ3) is 20.0. The molecule has 0 aliphatic rings. The minimum atomic E-state index is -0.995. The van der Waals surface area contributed by atoms with Gasteiger partial charge in [0.1, 0.15) is 12.6 Å². The second-order valence-corrected chi connectivity index (χ2v) is 9.13. The Kier molecular flexibility index (Phi) is 26.2. The summed E-state index contributed by atoms with van der Waals surface area (Å²) in [6.45, 7) is 9.36. The lowest BCUT2D eigenvalue weighted by atomic mass is 10.0. The molecule has 0 saturated carbocycles. The minimum absolute atomic E-state index is 0.111. The first-order valence-electron chi connectivity index (χ1n) is 13.6. The van der Waals surface area contributed by atoms with Crippen LogP contribution in [0.3, 0.4) is 0 Å². The van der Waals surface area contributed by atoms with Gasteiger partial charge in [-0.3, -0.25) is 0 Å². The minimum Gasteiger partial charge on any atom is -0.550 e. The van der Waals surface area contributed by atoms with E-state index in [4.69, 9.17) is 9.68 Å². The van der Waals surface area contributed by atoms with Crippen molar-refractivity contribution in [1.29, 1.82) is 0 Å². The monoisotopic (exact) mass is 459 g/mol. The third-order valence-electron chi connectivity index (χ3n) is 6.38. The zero-order chi connectivity index (χ0) is 24.5. The van der Waals surface area contributed by atoms with E-state index < -0.39 is 5.97 Å². The van der Waals surface area contributed by atoms with Crippen LogP contribution >= 0.6 is 0 Å².